The topological polar surface area (TPSA) is 21.3 Å². The second-order valence-electron chi connectivity index (χ2n) is 4.09. The first-order valence-corrected chi connectivity index (χ1v) is 6.69. The van der Waals surface area contributed by atoms with Gasteiger partial charge in [0.1, 0.15) is 0 Å². The van der Waals surface area contributed by atoms with Crippen LogP contribution in [0.5, 0.6) is 0 Å². The summed E-state index contributed by atoms with van der Waals surface area (Å²) in [6, 6.07) is 5.90. The fraction of sp³-hybridized carbons (Fsp3) is 0.500. The first-order valence-electron chi connectivity index (χ1n) is 5.52. The number of anilines is 1. The van der Waals surface area contributed by atoms with E-state index in [-0.39, 0.29) is 0 Å². The standard InChI is InChI=1S/C12H15BrClNO/c13-11-6-10(3-4-12(11)14)15-7-9-2-1-5-16-8-9/h3-4,6,9,15H,1-2,5,7-8H2. The van der Waals surface area contributed by atoms with Gasteiger partial charge >= 0.3 is 0 Å². The Bertz CT molecular complexity index is 353. The molecular weight excluding hydrogens is 289 g/mol. The second-order valence-corrected chi connectivity index (χ2v) is 5.35. The van der Waals surface area contributed by atoms with Crippen LogP contribution in [0.3, 0.4) is 0 Å². The van der Waals surface area contributed by atoms with Crippen molar-refractivity contribution in [3.05, 3.63) is 27.7 Å². The van der Waals surface area contributed by atoms with E-state index in [4.69, 9.17) is 16.3 Å². The molecule has 4 heteroatoms. The van der Waals surface area contributed by atoms with Gasteiger partial charge in [0.25, 0.3) is 0 Å². The Morgan fingerprint density at radius 3 is 3.06 bits per heavy atom. The van der Waals surface area contributed by atoms with Gasteiger partial charge in [0, 0.05) is 23.3 Å². The molecule has 1 N–H and O–H groups in total. The normalized spacial score (nSPS) is 20.8. The predicted octanol–water partition coefficient (Wildman–Crippen LogP) is 3.94. The largest absolute Gasteiger partial charge is 0.385 e. The lowest BCUT2D eigenvalue weighted by Gasteiger charge is -2.22. The second kappa shape index (κ2) is 5.89. The van der Waals surface area contributed by atoms with Crippen molar-refractivity contribution in [2.45, 2.75) is 12.8 Å². The third-order valence-corrected chi connectivity index (χ3v) is 3.98. The molecule has 1 atom stereocenters. The minimum Gasteiger partial charge on any atom is -0.385 e. The van der Waals surface area contributed by atoms with E-state index in [0.717, 1.165) is 34.9 Å². The minimum absolute atomic E-state index is 0.628. The van der Waals surface area contributed by atoms with Gasteiger partial charge in [-0.25, -0.2) is 0 Å². The number of hydrogen-bond acceptors (Lipinski definition) is 2. The smallest absolute Gasteiger partial charge is 0.0549 e. The van der Waals surface area contributed by atoms with Crippen LogP contribution in [0.1, 0.15) is 12.8 Å². The van der Waals surface area contributed by atoms with E-state index in [9.17, 15) is 0 Å². The van der Waals surface area contributed by atoms with E-state index in [1.807, 2.05) is 18.2 Å². The Kier molecular flexibility index (Phi) is 4.50. The maximum atomic E-state index is 5.93. The lowest BCUT2D eigenvalue weighted by molar-refractivity contribution is 0.0595. The first-order chi connectivity index (χ1) is 7.75. The predicted molar refractivity (Wildman–Crippen MR) is 71.2 cm³/mol. The van der Waals surface area contributed by atoms with Gasteiger partial charge in [0.2, 0.25) is 0 Å². The molecule has 0 amide bonds. The molecule has 1 aromatic rings. The Balaban J connectivity index is 1.86. The zero-order chi connectivity index (χ0) is 11.4. The third kappa shape index (κ3) is 3.37. The Morgan fingerprint density at radius 2 is 2.38 bits per heavy atom. The highest BCUT2D eigenvalue weighted by Gasteiger charge is 2.13. The molecule has 2 nitrogen and oxygen atoms in total. The van der Waals surface area contributed by atoms with Crippen LogP contribution in [-0.2, 0) is 4.74 Å². The van der Waals surface area contributed by atoms with Crippen LogP contribution in [-0.4, -0.2) is 19.8 Å². The minimum atomic E-state index is 0.628. The van der Waals surface area contributed by atoms with Gasteiger partial charge in [0.05, 0.1) is 11.6 Å². The maximum absolute atomic E-state index is 5.93. The summed E-state index contributed by atoms with van der Waals surface area (Å²) in [5.74, 6) is 0.628. The van der Waals surface area contributed by atoms with Crippen LogP contribution < -0.4 is 5.32 Å². The molecule has 2 rings (SSSR count). The molecule has 1 aliphatic heterocycles. The highest BCUT2D eigenvalue weighted by atomic mass is 79.9. The number of rotatable bonds is 3. The fourth-order valence-corrected chi connectivity index (χ4v) is 2.33. The molecule has 1 saturated heterocycles. The van der Waals surface area contributed by atoms with Gasteiger partial charge in [-0.3, -0.25) is 0 Å². The molecule has 0 spiro atoms. The van der Waals surface area contributed by atoms with Crippen molar-refractivity contribution in [2.75, 3.05) is 25.1 Å². The zero-order valence-electron chi connectivity index (χ0n) is 9.01. The molecule has 88 valence electrons. The van der Waals surface area contributed by atoms with Crippen LogP contribution in [0.15, 0.2) is 22.7 Å². The molecule has 0 radical (unpaired) electrons. The van der Waals surface area contributed by atoms with Crippen LogP contribution in [0.2, 0.25) is 5.02 Å². The van der Waals surface area contributed by atoms with E-state index < -0.39 is 0 Å². The summed E-state index contributed by atoms with van der Waals surface area (Å²) in [5, 5.41) is 4.16. The highest BCUT2D eigenvalue weighted by Crippen LogP contribution is 2.26. The van der Waals surface area contributed by atoms with Gasteiger partial charge in [0.15, 0.2) is 0 Å². The van der Waals surface area contributed by atoms with Crippen LogP contribution in [0.4, 0.5) is 5.69 Å². The molecule has 1 aliphatic rings. The Hall–Kier alpha value is -0.250. The van der Waals surface area contributed by atoms with E-state index in [1.165, 1.54) is 12.8 Å². The highest BCUT2D eigenvalue weighted by molar-refractivity contribution is 9.10. The van der Waals surface area contributed by atoms with Crippen LogP contribution in [0.25, 0.3) is 0 Å². The summed E-state index contributed by atoms with van der Waals surface area (Å²) in [5.41, 5.74) is 1.10. The van der Waals surface area contributed by atoms with E-state index >= 15 is 0 Å². The third-order valence-electron chi connectivity index (χ3n) is 2.77. The lowest BCUT2D eigenvalue weighted by Crippen LogP contribution is -2.24. The molecule has 16 heavy (non-hydrogen) atoms. The van der Waals surface area contributed by atoms with Crippen molar-refractivity contribution < 1.29 is 4.74 Å². The van der Waals surface area contributed by atoms with Crippen molar-refractivity contribution in [3.8, 4) is 0 Å². The Morgan fingerprint density at radius 1 is 1.50 bits per heavy atom. The molecular formula is C12H15BrClNO. The number of halogens is 2. The van der Waals surface area contributed by atoms with Crippen molar-refractivity contribution in [1.82, 2.24) is 0 Å². The van der Waals surface area contributed by atoms with Gasteiger partial charge in [-0.15, -0.1) is 0 Å². The monoisotopic (exact) mass is 303 g/mol. The van der Waals surface area contributed by atoms with Crippen molar-refractivity contribution in [3.63, 3.8) is 0 Å². The summed E-state index contributed by atoms with van der Waals surface area (Å²) >= 11 is 9.35. The number of ether oxygens (including phenoxy) is 1. The number of benzene rings is 1. The zero-order valence-corrected chi connectivity index (χ0v) is 11.4. The van der Waals surface area contributed by atoms with Gasteiger partial charge in [-0.1, -0.05) is 11.6 Å². The van der Waals surface area contributed by atoms with Gasteiger partial charge < -0.3 is 10.1 Å². The SMILES string of the molecule is Clc1ccc(NCC2CCCOC2)cc1Br. The lowest BCUT2D eigenvalue weighted by atomic mass is 10.0. The molecule has 0 aliphatic carbocycles. The van der Waals surface area contributed by atoms with Crippen LogP contribution >= 0.6 is 27.5 Å². The first kappa shape index (κ1) is 12.2. The van der Waals surface area contributed by atoms with Crippen molar-refractivity contribution >= 4 is 33.2 Å². The molecule has 0 bridgehead atoms. The molecule has 1 heterocycles. The fourth-order valence-electron chi connectivity index (χ4n) is 1.84. The number of hydrogen-bond donors (Lipinski definition) is 1. The summed E-state index contributed by atoms with van der Waals surface area (Å²) in [4.78, 5) is 0. The van der Waals surface area contributed by atoms with Crippen molar-refractivity contribution in [1.29, 1.82) is 0 Å². The summed E-state index contributed by atoms with van der Waals surface area (Å²) in [6.45, 7) is 2.76. The quantitative estimate of drug-likeness (QED) is 0.913. The van der Waals surface area contributed by atoms with E-state index in [2.05, 4.69) is 21.2 Å². The summed E-state index contributed by atoms with van der Waals surface area (Å²) in [7, 11) is 0. The molecule has 1 unspecified atom stereocenters. The summed E-state index contributed by atoms with van der Waals surface area (Å²) in [6.07, 6.45) is 2.43. The molecule has 0 saturated carbocycles. The molecule has 1 aromatic carbocycles. The van der Waals surface area contributed by atoms with Gasteiger partial charge in [-0.05, 0) is 52.9 Å². The Labute approximate surface area is 109 Å². The molecule has 1 fully saturated rings. The van der Waals surface area contributed by atoms with E-state index in [1.54, 1.807) is 0 Å². The molecule has 0 aromatic heterocycles. The van der Waals surface area contributed by atoms with Crippen LogP contribution in [0, 0.1) is 5.92 Å². The van der Waals surface area contributed by atoms with Gasteiger partial charge in [-0.2, -0.15) is 0 Å². The summed E-state index contributed by atoms with van der Waals surface area (Å²) < 4.78 is 6.37. The number of nitrogens with one attached hydrogen (secondary N) is 1. The van der Waals surface area contributed by atoms with E-state index in [0.29, 0.717) is 5.92 Å². The average molecular weight is 305 g/mol. The average Bonchev–Trinajstić information content (AvgIpc) is 2.32. The van der Waals surface area contributed by atoms with Crippen molar-refractivity contribution in [2.24, 2.45) is 5.92 Å². The maximum Gasteiger partial charge on any atom is 0.0549 e.